The summed E-state index contributed by atoms with van der Waals surface area (Å²) in [5.74, 6) is -0.441. The maximum atomic E-state index is 12.0. The number of nitrogens with one attached hydrogen (secondary N) is 1. The molecule has 1 amide bonds. The van der Waals surface area contributed by atoms with Crippen LogP contribution >= 0.6 is 11.6 Å². The van der Waals surface area contributed by atoms with Crippen molar-refractivity contribution in [2.75, 3.05) is 11.1 Å². The van der Waals surface area contributed by atoms with Gasteiger partial charge in [0.05, 0.1) is 15.6 Å². The molecule has 0 radical (unpaired) electrons. The molecule has 2 aromatic rings. The molecule has 0 aromatic heterocycles. The molecule has 0 spiro atoms. The second-order valence-electron chi connectivity index (χ2n) is 4.26. The summed E-state index contributed by atoms with van der Waals surface area (Å²) < 4.78 is 22.5. The maximum Gasteiger partial charge on any atom is 0.255 e. The number of amides is 1. The minimum atomic E-state index is -3.83. The molecule has 21 heavy (non-hydrogen) atoms. The van der Waals surface area contributed by atoms with Crippen molar-refractivity contribution in [3.05, 3.63) is 53.1 Å². The molecule has 0 aliphatic carbocycles. The summed E-state index contributed by atoms with van der Waals surface area (Å²) >= 11 is 5.85. The molecule has 5 N–H and O–H groups in total. The molecule has 0 aliphatic rings. The Kier molecular flexibility index (Phi) is 4.17. The lowest BCUT2D eigenvalue weighted by molar-refractivity contribution is 0.102. The van der Waals surface area contributed by atoms with Gasteiger partial charge in [-0.15, -0.1) is 0 Å². The highest BCUT2D eigenvalue weighted by Crippen LogP contribution is 2.21. The zero-order valence-electron chi connectivity index (χ0n) is 10.7. The third-order valence-corrected chi connectivity index (χ3v) is 3.92. The molecular formula is C13H12ClN3O3S. The molecule has 0 fully saturated rings. The van der Waals surface area contributed by atoms with Gasteiger partial charge in [-0.05, 0) is 36.4 Å². The van der Waals surface area contributed by atoms with Gasteiger partial charge < -0.3 is 11.1 Å². The molecule has 0 atom stereocenters. The first-order valence-corrected chi connectivity index (χ1v) is 7.69. The van der Waals surface area contributed by atoms with Crippen LogP contribution in [-0.4, -0.2) is 14.3 Å². The first-order chi connectivity index (χ1) is 9.77. The van der Waals surface area contributed by atoms with Gasteiger partial charge in [0.1, 0.15) is 0 Å². The van der Waals surface area contributed by atoms with Crippen molar-refractivity contribution in [1.29, 1.82) is 0 Å². The highest BCUT2D eigenvalue weighted by molar-refractivity contribution is 7.89. The molecule has 0 saturated heterocycles. The number of hydrogen-bond donors (Lipinski definition) is 3. The van der Waals surface area contributed by atoms with Gasteiger partial charge in [-0.1, -0.05) is 17.7 Å². The third kappa shape index (κ3) is 3.72. The smallest absolute Gasteiger partial charge is 0.255 e. The van der Waals surface area contributed by atoms with E-state index in [9.17, 15) is 13.2 Å². The van der Waals surface area contributed by atoms with E-state index in [2.05, 4.69) is 5.32 Å². The van der Waals surface area contributed by atoms with Gasteiger partial charge in [0, 0.05) is 11.3 Å². The lowest BCUT2D eigenvalue weighted by Gasteiger charge is -2.07. The average molecular weight is 326 g/mol. The van der Waals surface area contributed by atoms with Crippen LogP contribution in [0.2, 0.25) is 5.02 Å². The molecule has 0 heterocycles. The van der Waals surface area contributed by atoms with Gasteiger partial charge >= 0.3 is 0 Å². The van der Waals surface area contributed by atoms with Crippen molar-refractivity contribution in [2.45, 2.75) is 4.90 Å². The van der Waals surface area contributed by atoms with Gasteiger partial charge in [-0.2, -0.15) is 0 Å². The van der Waals surface area contributed by atoms with Crippen LogP contribution in [0.4, 0.5) is 11.4 Å². The molecule has 0 aliphatic heterocycles. The van der Waals surface area contributed by atoms with E-state index < -0.39 is 15.9 Å². The van der Waals surface area contributed by atoms with E-state index in [0.29, 0.717) is 16.9 Å². The Balaban J connectivity index is 2.25. The van der Waals surface area contributed by atoms with Crippen molar-refractivity contribution >= 4 is 38.9 Å². The Labute approximate surface area is 126 Å². The number of nitrogen functional groups attached to an aromatic ring is 1. The van der Waals surface area contributed by atoms with Crippen molar-refractivity contribution < 1.29 is 13.2 Å². The van der Waals surface area contributed by atoms with Crippen LogP contribution in [0.5, 0.6) is 0 Å². The Morgan fingerprint density at radius 1 is 1.14 bits per heavy atom. The average Bonchev–Trinajstić information content (AvgIpc) is 2.41. The number of carbonyl (C=O) groups is 1. The van der Waals surface area contributed by atoms with Crippen molar-refractivity contribution in [2.24, 2.45) is 5.14 Å². The van der Waals surface area contributed by atoms with Crippen LogP contribution < -0.4 is 16.2 Å². The summed E-state index contributed by atoms with van der Waals surface area (Å²) in [5, 5.41) is 7.86. The number of primary sulfonamides is 1. The zero-order chi connectivity index (χ0) is 15.6. The summed E-state index contributed by atoms with van der Waals surface area (Å²) in [6, 6.07) is 10.1. The number of carbonyl (C=O) groups excluding carboxylic acids is 1. The van der Waals surface area contributed by atoms with E-state index in [1.54, 1.807) is 6.07 Å². The first-order valence-electron chi connectivity index (χ1n) is 5.76. The highest BCUT2D eigenvalue weighted by Gasteiger charge is 2.11. The predicted molar refractivity (Wildman–Crippen MR) is 81.6 cm³/mol. The summed E-state index contributed by atoms with van der Waals surface area (Å²) in [4.78, 5) is 12.0. The van der Waals surface area contributed by atoms with E-state index >= 15 is 0 Å². The largest absolute Gasteiger partial charge is 0.398 e. The molecule has 2 aromatic carbocycles. The maximum absolute atomic E-state index is 12.0. The predicted octanol–water partition coefficient (Wildman–Crippen LogP) is 1.82. The minimum Gasteiger partial charge on any atom is -0.398 e. The lowest BCUT2D eigenvalue weighted by atomic mass is 10.2. The monoisotopic (exact) mass is 325 g/mol. The second-order valence-corrected chi connectivity index (χ2v) is 6.23. The van der Waals surface area contributed by atoms with E-state index in [0.717, 1.165) is 0 Å². The van der Waals surface area contributed by atoms with E-state index in [1.165, 1.54) is 36.4 Å². The van der Waals surface area contributed by atoms with Crippen molar-refractivity contribution in [3.8, 4) is 0 Å². The van der Waals surface area contributed by atoms with E-state index in [4.69, 9.17) is 22.5 Å². The van der Waals surface area contributed by atoms with Crippen LogP contribution in [0.3, 0.4) is 0 Å². The Hall–Kier alpha value is -2.09. The summed E-state index contributed by atoms with van der Waals surface area (Å²) in [5.41, 5.74) is 6.54. The van der Waals surface area contributed by atoms with Gasteiger partial charge in [-0.25, -0.2) is 13.6 Å². The van der Waals surface area contributed by atoms with Crippen LogP contribution in [0.25, 0.3) is 0 Å². The fourth-order valence-corrected chi connectivity index (χ4v) is 2.36. The second kappa shape index (κ2) is 5.72. The van der Waals surface area contributed by atoms with Crippen LogP contribution in [0.1, 0.15) is 10.4 Å². The molecular weight excluding hydrogens is 314 g/mol. The van der Waals surface area contributed by atoms with E-state index in [1.807, 2.05) is 0 Å². The minimum absolute atomic E-state index is 0.0874. The Morgan fingerprint density at radius 3 is 2.48 bits per heavy atom. The highest BCUT2D eigenvalue weighted by atomic mass is 35.5. The quantitative estimate of drug-likeness (QED) is 0.746. The van der Waals surface area contributed by atoms with Crippen LogP contribution in [0, 0.1) is 0 Å². The SMILES string of the molecule is Nc1ccc(C(=O)Nc2cccc(S(N)(=O)=O)c2)cc1Cl. The molecule has 0 saturated carbocycles. The number of sulfonamides is 1. The fraction of sp³-hybridized carbons (Fsp3) is 0. The summed E-state index contributed by atoms with van der Waals surface area (Å²) in [6.07, 6.45) is 0. The molecule has 2 rings (SSSR count). The van der Waals surface area contributed by atoms with Crippen molar-refractivity contribution in [3.63, 3.8) is 0 Å². The number of anilines is 2. The molecule has 0 unspecified atom stereocenters. The molecule has 8 heteroatoms. The Bertz CT molecular complexity index is 806. The Morgan fingerprint density at radius 2 is 1.86 bits per heavy atom. The number of halogens is 1. The van der Waals surface area contributed by atoms with E-state index in [-0.39, 0.29) is 9.92 Å². The fourth-order valence-electron chi connectivity index (χ4n) is 1.62. The van der Waals surface area contributed by atoms with Gasteiger partial charge in [-0.3, -0.25) is 4.79 Å². The van der Waals surface area contributed by atoms with Crippen molar-refractivity contribution in [1.82, 2.24) is 0 Å². The number of hydrogen-bond acceptors (Lipinski definition) is 4. The van der Waals surface area contributed by atoms with Gasteiger partial charge in [0.2, 0.25) is 10.0 Å². The molecule has 6 nitrogen and oxygen atoms in total. The van der Waals surface area contributed by atoms with Gasteiger partial charge in [0.25, 0.3) is 5.91 Å². The number of benzene rings is 2. The molecule has 0 bridgehead atoms. The molecule has 110 valence electrons. The van der Waals surface area contributed by atoms with Crippen LogP contribution in [-0.2, 0) is 10.0 Å². The normalized spacial score (nSPS) is 11.1. The number of rotatable bonds is 3. The third-order valence-electron chi connectivity index (χ3n) is 2.68. The topological polar surface area (TPSA) is 115 Å². The first kappa shape index (κ1) is 15.3. The van der Waals surface area contributed by atoms with Gasteiger partial charge in [0.15, 0.2) is 0 Å². The summed E-state index contributed by atoms with van der Waals surface area (Å²) in [6.45, 7) is 0. The summed E-state index contributed by atoms with van der Waals surface area (Å²) in [7, 11) is -3.83. The lowest BCUT2D eigenvalue weighted by Crippen LogP contribution is -2.15. The van der Waals surface area contributed by atoms with Crippen LogP contribution in [0.15, 0.2) is 47.4 Å². The zero-order valence-corrected chi connectivity index (χ0v) is 12.3. The number of nitrogens with two attached hydrogens (primary N) is 2. The standard InChI is InChI=1S/C13H12ClN3O3S/c14-11-6-8(4-5-12(11)15)13(18)17-9-2-1-3-10(7-9)21(16,19)20/h1-7H,15H2,(H,17,18)(H2,16,19,20).